The Kier molecular flexibility index (Phi) is 5.87. The first-order valence-corrected chi connectivity index (χ1v) is 8.37. The topological polar surface area (TPSA) is 18.5 Å². The molecule has 3 nitrogen and oxygen atoms in total. The van der Waals surface area contributed by atoms with E-state index >= 15 is 0 Å². The molecule has 1 aliphatic rings. The van der Waals surface area contributed by atoms with Gasteiger partial charge in [-0.05, 0) is 50.7 Å². The molecule has 0 spiro atoms. The summed E-state index contributed by atoms with van der Waals surface area (Å²) in [6.07, 6.45) is 1.17. The second-order valence-corrected chi connectivity index (χ2v) is 6.58. The Balaban J connectivity index is 2.19. The second-order valence-electron chi connectivity index (χ2n) is 5.67. The van der Waals surface area contributed by atoms with Crippen LogP contribution in [0.3, 0.4) is 0 Å². The summed E-state index contributed by atoms with van der Waals surface area (Å²) >= 11 is 3.61. The number of piperazine rings is 1. The molecular weight excluding hydrogens is 314 g/mol. The van der Waals surface area contributed by atoms with Gasteiger partial charge >= 0.3 is 0 Å². The highest BCUT2D eigenvalue weighted by Crippen LogP contribution is 2.30. The summed E-state index contributed by atoms with van der Waals surface area (Å²) in [6.45, 7) is 10.1. The summed E-state index contributed by atoms with van der Waals surface area (Å²) in [7, 11) is 2.20. The third-order valence-electron chi connectivity index (χ3n) is 4.00. The van der Waals surface area contributed by atoms with E-state index in [4.69, 9.17) is 0 Å². The molecule has 112 valence electrons. The van der Waals surface area contributed by atoms with Crippen molar-refractivity contribution in [2.45, 2.75) is 26.3 Å². The van der Waals surface area contributed by atoms with Crippen molar-refractivity contribution in [3.63, 3.8) is 0 Å². The zero-order valence-electron chi connectivity index (χ0n) is 12.8. The Morgan fingerprint density at radius 1 is 1.25 bits per heavy atom. The van der Waals surface area contributed by atoms with E-state index in [0.717, 1.165) is 37.2 Å². The maximum Gasteiger partial charge on any atom is 0.0416 e. The molecule has 1 N–H and O–H groups in total. The number of hydrogen-bond donors (Lipinski definition) is 1. The highest BCUT2D eigenvalue weighted by molar-refractivity contribution is 9.10. The molecule has 4 heteroatoms. The van der Waals surface area contributed by atoms with Gasteiger partial charge in [0.15, 0.2) is 0 Å². The lowest BCUT2D eigenvalue weighted by atomic mass is 10.0. The molecule has 1 unspecified atom stereocenters. The van der Waals surface area contributed by atoms with Gasteiger partial charge in [0, 0.05) is 42.4 Å². The van der Waals surface area contributed by atoms with Crippen molar-refractivity contribution < 1.29 is 0 Å². The number of benzene rings is 1. The Labute approximate surface area is 131 Å². The normalized spacial score (nSPS) is 18.3. The van der Waals surface area contributed by atoms with Crippen LogP contribution >= 0.6 is 15.9 Å². The molecule has 0 saturated carbocycles. The molecule has 0 aromatic heterocycles. The quantitative estimate of drug-likeness (QED) is 0.888. The van der Waals surface area contributed by atoms with Crippen LogP contribution in [0.5, 0.6) is 0 Å². The number of anilines is 1. The van der Waals surface area contributed by atoms with E-state index in [1.165, 1.54) is 17.7 Å². The van der Waals surface area contributed by atoms with Gasteiger partial charge in [0.1, 0.15) is 0 Å². The first-order valence-electron chi connectivity index (χ1n) is 7.58. The third kappa shape index (κ3) is 3.96. The van der Waals surface area contributed by atoms with Crippen molar-refractivity contribution >= 4 is 21.6 Å². The molecule has 0 amide bonds. The fourth-order valence-electron chi connectivity index (χ4n) is 2.68. The van der Waals surface area contributed by atoms with Crippen LogP contribution in [0.15, 0.2) is 22.7 Å². The van der Waals surface area contributed by atoms with Crippen LogP contribution in [-0.2, 0) is 0 Å². The highest BCUT2D eigenvalue weighted by Gasteiger charge is 2.19. The zero-order valence-corrected chi connectivity index (χ0v) is 14.4. The molecule has 1 aliphatic heterocycles. The molecule has 1 atom stereocenters. The van der Waals surface area contributed by atoms with Gasteiger partial charge in [0.2, 0.25) is 0 Å². The van der Waals surface area contributed by atoms with E-state index in [9.17, 15) is 0 Å². The lowest BCUT2D eigenvalue weighted by Crippen LogP contribution is -2.45. The van der Waals surface area contributed by atoms with E-state index in [2.05, 4.69) is 70.1 Å². The number of nitrogens with one attached hydrogen (secondary N) is 1. The van der Waals surface area contributed by atoms with Gasteiger partial charge < -0.3 is 15.1 Å². The van der Waals surface area contributed by atoms with Gasteiger partial charge in [-0.3, -0.25) is 0 Å². The fraction of sp³-hybridized carbons (Fsp3) is 0.625. The SMILES string of the molecule is CCCNC(C)c1cc(Br)ccc1N1CCN(C)CC1. The lowest BCUT2D eigenvalue weighted by Gasteiger charge is -2.36. The van der Waals surface area contributed by atoms with Crippen molar-refractivity contribution in [3.8, 4) is 0 Å². The number of likely N-dealkylation sites (N-methyl/N-ethyl adjacent to an activating group) is 1. The van der Waals surface area contributed by atoms with E-state index in [1.54, 1.807) is 0 Å². The van der Waals surface area contributed by atoms with Gasteiger partial charge in [0.05, 0.1) is 0 Å². The molecule has 0 radical (unpaired) electrons. The van der Waals surface area contributed by atoms with Gasteiger partial charge in [-0.2, -0.15) is 0 Å². The average molecular weight is 340 g/mol. The molecule has 1 aromatic carbocycles. The second kappa shape index (κ2) is 7.43. The largest absolute Gasteiger partial charge is 0.369 e. The van der Waals surface area contributed by atoms with Crippen LogP contribution in [0.1, 0.15) is 31.9 Å². The van der Waals surface area contributed by atoms with Crippen LogP contribution < -0.4 is 10.2 Å². The highest BCUT2D eigenvalue weighted by atomic mass is 79.9. The van der Waals surface area contributed by atoms with Crippen molar-refractivity contribution in [1.82, 2.24) is 10.2 Å². The summed E-state index contributed by atoms with van der Waals surface area (Å²) in [5.74, 6) is 0. The Morgan fingerprint density at radius 3 is 2.60 bits per heavy atom. The maximum atomic E-state index is 3.61. The van der Waals surface area contributed by atoms with E-state index in [0.29, 0.717) is 6.04 Å². The van der Waals surface area contributed by atoms with E-state index in [-0.39, 0.29) is 0 Å². The first-order chi connectivity index (χ1) is 9.61. The van der Waals surface area contributed by atoms with Crippen molar-refractivity contribution in [3.05, 3.63) is 28.2 Å². The van der Waals surface area contributed by atoms with Crippen LogP contribution in [-0.4, -0.2) is 44.7 Å². The molecule has 1 saturated heterocycles. The summed E-state index contributed by atoms with van der Waals surface area (Å²) < 4.78 is 1.16. The minimum atomic E-state index is 0.391. The van der Waals surface area contributed by atoms with Gasteiger partial charge in [-0.15, -0.1) is 0 Å². The fourth-order valence-corrected chi connectivity index (χ4v) is 3.06. The summed E-state index contributed by atoms with van der Waals surface area (Å²) in [5, 5.41) is 3.61. The van der Waals surface area contributed by atoms with E-state index < -0.39 is 0 Å². The average Bonchev–Trinajstić information content (AvgIpc) is 2.46. The third-order valence-corrected chi connectivity index (χ3v) is 4.49. The van der Waals surface area contributed by atoms with Crippen LogP contribution in [0.4, 0.5) is 5.69 Å². The maximum absolute atomic E-state index is 3.61. The Hall–Kier alpha value is -0.580. The monoisotopic (exact) mass is 339 g/mol. The zero-order chi connectivity index (χ0) is 14.5. The molecule has 1 fully saturated rings. The molecule has 20 heavy (non-hydrogen) atoms. The number of halogens is 1. The molecule has 1 heterocycles. The predicted octanol–water partition coefficient (Wildman–Crippen LogP) is 3.26. The van der Waals surface area contributed by atoms with Crippen molar-refractivity contribution in [2.24, 2.45) is 0 Å². The van der Waals surface area contributed by atoms with Crippen molar-refractivity contribution in [2.75, 3.05) is 44.7 Å². The van der Waals surface area contributed by atoms with Crippen LogP contribution in [0.2, 0.25) is 0 Å². The smallest absolute Gasteiger partial charge is 0.0416 e. The summed E-state index contributed by atoms with van der Waals surface area (Å²) in [6, 6.07) is 7.07. The van der Waals surface area contributed by atoms with Crippen LogP contribution in [0.25, 0.3) is 0 Å². The number of nitrogens with zero attached hydrogens (tertiary/aromatic N) is 2. The number of hydrogen-bond acceptors (Lipinski definition) is 3. The minimum Gasteiger partial charge on any atom is -0.369 e. The lowest BCUT2D eigenvalue weighted by molar-refractivity contribution is 0.312. The van der Waals surface area contributed by atoms with Crippen molar-refractivity contribution in [1.29, 1.82) is 0 Å². The van der Waals surface area contributed by atoms with Gasteiger partial charge in [-0.1, -0.05) is 22.9 Å². The summed E-state index contributed by atoms with van der Waals surface area (Å²) in [5.41, 5.74) is 2.79. The minimum absolute atomic E-state index is 0.391. The van der Waals surface area contributed by atoms with Crippen LogP contribution in [0, 0.1) is 0 Å². The molecule has 0 aliphatic carbocycles. The molecular formula is C16H26BrN3. The predicted molar refractivity (Wildman–Crippen MR) is 90.6 cm³/mol. The standard InChI is InChI=1S/C16H26BrN3/c1-4-7-18-13(2)15-12-14(17)5-6-16(15)20-10-8-19(3)9-11-20/h5-6,12-13,18H,4,7-11H2,1-3H3. The summed E-state index contributed by atoms with van der Waals surface area (Å²) in [4.78, 5) is 4.92. The number of rotatable bonds is 5. The molecule has 0 bridgehead atoms. The molecule has 1 aromatic rings. The Bertz CT molecular complexity index is 428. The van der Waals surface area contributed by atoms with Gasteiger partial charge in [0.25, 0.3) is 0 Å². The van der Waals surface area contributed by atoms with Gasteiger partial charge in [-0.25, -0.2) is 0 Å². The van der Waals surface area contributed by atoms with E-state index in [1.807, 2.05) is 0 Å². The molecule has 2 rings (SSSR count). The first kappa shape index (κ1) is 15.8. The Morgan fingerprint density at radius 2 is 1.95 bits per heavy atom.